The summed E-state index contributed by atoms with van der Waals surface area (Å²) in [5.74, 6) is -0.890. The first kappa shape index (κ1) is 12.1. The summed E-state index contributed by atoms with van der Waals surface area (Å²) >= 11 is 0. The molecule has 1 aliphatic heterocycles. The maximum absolute atomic E-state index is 11.6. The monoisotopic (exact) mass is 244 g/mol. The Morgan fingerprint density at radius 2 is 1.76 bits per heavy atom. The number of amides is 2. The minimum atomic E-state index is -0.921. The number of rotatable bonds is 3. The second-order valence-corrected chi connectivity index (χ2v) is 4.78. The van der Waals surface area contributed by atoms with Gasteiger partial charge in [0.25, 0.3) is 0 Å². The van der Waals surface area contributed by atoms with Crippen molar-refractivity contribution in [3.05, 3.63) is 0 Å². The number of nitrogens with zero attached hydrogens (tertiary/aromatic N) is 1. The molecule has 0 radical (unpaired) electrons. The Hall–Kier alpha value is -1.34. The van der Waals surface area contributed by atoms with E-state index in [4.69, 9.17) is 5.11 Å². The molecule has 1 aliphatic carbocycles. The van der Waals surface area contributed by atoms with Crippen molar-refractivity contribution >= 4 is 12.0 Å². The molecule has 1 heterocycles. The molecule has 2 rings (SSSR count). The van der Waals surface area contributed by atoms with Crippen LogP contribution in [0.15, 0.2) is 0 Å². The van der Waals surface area contributed by atoms with Gasteiger partial charge in [-0.05, 0) is 12.8 Å². The van der Waals surface area contributed by atoms with Crippen molar-refractivity contribution in [1.82, 2.24) is 10.2 Å². The number of hydrogen-bond acceptors (Lipinski definition) is 4. The van der Waals surface area contributed by atoms with Crippen LogP contribution in [0.25, 0.3) is 0 Å². The fraction of sp³-hybridized carbons (Fsp3) is 0.800. The average Bonchev–Trinajstić information content (AvgIpc) is 2.99. The van der Waals surface area contributed by atoms with Crippen LogP contribution in [0.4, 0.5) is 4.79 Å². The quantitative estimate of drug-likeness (QED) is 0.488. The van der Waals surface area contributed by atoms with Gasteiger partial charge in [0, 0.05) is 6.54 Å². The minimum absolute atomic E-state index is 0.0765. The van der Waals surface area contributed by atoms with E-state index in [-0.39, 0.29) is 19.6 Å². The van der Waals surface area contributed by atoms with E-state index in [9.17, 15) is 19.8 Å². The summed E-state index contributed by atoms with van der Waals surface area (Å²) in [5.41, 5.74) is -0.799. The third kappa shape index (κ3) is 2.34. The Labute approximate surface area is 98.0 Å². The van der Waals surface area contributed by atoms with Gasteiger partial charge in [-0.2, -0.15) is 0 Å². The summed E-state index contributed by atoms with van der Waals surface area (Å²) in [6, 6.07) is -0.437. The van der Waals surface area contributed by atoms with Crippen LogP contribution in [0.1, 0.15) is 12.8 Å². The fourth-order valence-corrected chi connectivity index (χ4v) is 1.91. The standard InChI is InChI=1S/C10H16N2O5/c13-6-3-12(4-7(6)14)9(17)11-5-10(1-2-10)8(15)16/h6-7,13-14H,1-5H2,(H,11,17)(H,15,16). The van der Waals surface area contributed by atoms with Crippen LogP contribution in [0, 0.1) is 5.41 Å². The van der Waals surface area contributed by atoms with Gasteiger partial charge in [-0.3, -0.25) is 4.79 Å². The van der Waals surface area contributed by atoms with Gasteiger partial charge in [-0.15, -0.1) is 0 Å². The first-order valence-electron chi connectivity index (χ1n) is 5.57. The molecule has 2 aliphatic rings. The molecule has 17 heavy (non-hydrogen) atoms. The highest BCUT2D eigenvalue weighted by Crippen LogP contribution is 2.45. The predicted octanol–water partition coefficient (Wildman–Crippen LogP) is -1.40. The van der Waals surface area contributed by atoms with Crippen molar-refractivity contribution in [2.75, 3.05) is 19.6 Å². The Morgan fingerprint density at radius 1 is 1.24 bits per heavy atom. The van der Waals surface area contributed by atoms with E-state index >= 15 is 0 Å². The van der Waals surface area contributed by atoms with Crippen LogP contribution in [0.2, 0.25) is 0 Å². The highest BCUT2D eigenvalue weighted by atomic mass is 16.4. The molecule has 2 fully saturated rings. The Bertz CT molecular complexity index is 332. The largest absolute Gasteiger partial charge is 0.481 e. The van der Waals surface area contributed by atoms with Crippen LogP contribution >= 0.6 is 0 Å². The molecular weight excluding hydrogens is 228 g/mol. The van der Waals surface area contributed by atoms with E-state index in [2.05, 4.69) is 5.32 Å². The van der Waals surface area contributed by atoms with E-state index in [1.807, 2.05) is 0 Å². The molecule has 0 aromatic carbocycles. The van der Waals surface area contributed by atoms with E-state index in [0.29, 0.717) is 12.8 Å². The molecule has 7 nitrogen and oxygen atoms in total. The maximum Gasteiger partial charge on any atom is 0.317 e. The fourth-order valence-electron chi connectivity index (χ4n) is 1.91. The van der Waals surface area contributed by atoms with Crippen LogP contribution in [0.3, 0.4) is 0 Å². The highest BCUT2D eigenvalue weighted by Gasteiger charge is 2.50. The summed E-state index contributed by atoms with van der Waals surface area (Å²) in [5, 5.41) is 30.0. The molecule has 96 valence electrons. The number of carbonyl (C=O) groups is 2. The zero-order valence-corrected chi connectivity index (χ0v) is 9.30. The number of carboxylic acid groups (broad SMARTS) is 1. The highest BCUT2D eigenvalue weighted by molar-refractivity contribution is 5.80. The summed E-state index contributed by atoms with van der Waals surface area (Å²) in [6.07, 6.45) is -0.688. The first-order chi connectivity index (χ1) is 7.94. The van der Waals surface area contributed by atoms with Gasteiger partial charge in [0.05, 0.1) is 30.7 Å². The van der Waals surface area contributed by atoms with Gasteiger partial charge in [0.1, 0.15) is 0 Å². The van der Waals surface area contributed by atoms with Gasteiger partial charge in [0.15, 0.2) is 0 Å². The van der Waals surface area contributed by atoms with Gasteiger partial charge in [-0.25, -0.2) is 4.79 Å². The molecule has 1 saturated heterocycles. The van der Waals surface area contributed by atoms with Crippen LogP contribution < -0.4 is 5.32 Å². The van der Waals surface area contributed by atoms with E-state index < -0.39 is 29.6 Å². The molecule has 2 unspecified atom stereocenters. The second-order valence-electron chi connectivity index (χ2n) is 4.78. The number of hydrogen-bond donors (Lipinski definition) is 4. The van der Waals surface area contributed by atoms with Crippen molar-refractivity contribution in [3.8, 4) is 0 Å². The van der Waals surface area contributed by atoms with Gasteiger partial charge in [0.2, 0.25) is 0 Å². The summed E-state index contributed by atoms with van der Waals surface area (Å²) in [4.78, 5) is 23.8. The SMILES string of the molecule is O=C(NCC1(C(=O)O)CC1)N1CC(O)C(O)C1. The number of carboxylic acids is 1. The molecule has 2 amide bonds. The Balaban J connectivity index is 1.81. The van der Waals surface area contributed by atoms with E-state index in [1.54, 1.807) is 0 Å². The van der Waals surface area contributed by atoms with Crippen molar-refractivity contribution in [2.45, 2.75) is 25.0 Å². The summed E-state index contributed by atoms with van der Waals surface area (Å²) in [6.45, 7) is 0.254. The molecule has 4 N–H and O–H groups in total. The van der Waals surface area contributed by atoms with Crippen LogP contribution in [-0.4, -0.2) is 64.1 Å². The number of urea groups is 1. The number of likely N-dealkylation sites (tertiary alicyclic amines) is 1. The van der Waals surface area contributed by atoms with Crippen molar-refractivity contribution in [1.29, 1.82) is 0 Å². The lowest BCUT2D eigenvalue weighted by atomic mass is 10.1. The Kier molecular flexibility index (Phi) is 2.96. The average molecular weight is 244 g/mol. The third-order valence-corrected chi connectivity index (χ3v) is 3.43. The molecule has 0 aromatic rings. The Morgan fingerprint density at radius 3 is 2.18 bits per heavy atom. The summed E-state index contributed by atoms with van der Waals surface area (Å²) in [7, 11) is 0. The normalized spacial score (nSPS) is 30.1. The molecule has 0 bridgehead atoms. The summed E-state index contributed by atoms with van der Waals surface area (Å²) < 4.78 is 0. The molecule has 7 heteroatoms. The predicted molar refractivity (Wildman–Crippen MR) is 56.3 cm³/mol. The lowest BCUT2D eigenvalue weighted by Crippen LogP contribution is -2.43. The molecule has 1 saturated carbocycles. The maximum atomic E-state index is 11.6. The number of β-amino-alcohol motifs (C(OH)–C–C–N with tert-alkyl or cyclic N) is 2. The van der Waals surface area contributed by atoms with Crippen LogP contribution in [-0.2, 0) is 4.79 Å². The molecule has 0 aromatic heterocycles. The lowest BCUT2D eigenvalue weighted by Gasteiger charge is -2.18. The second kappa shape index (κ2) is 4.15. The zero-order valence-electron chi connectivity index (χ0n) is 9.30. The number of aliphatic hydroxyl groups is 2. The van der Waals surface area contributed by atoms with Crippen molar-refractivity contribution < 1.29 is 24.9 Å². The van der Waals surface area contributed by atoms with Crippen molar-refractivity contribution in [2.24, 2.45) is 5.41 Å². The smallest absolute Gasteiger partial charge is 0.317 e. The minimum Gasteiger partial charge on any atom is -0.481 e. The third-order valence-electron chi connectivity index (χ3n) is 3.43. The van der Waals surface area contributed by atoms with Gasteiger partial charge in [-0.1, -0.05) is 0 Å². The molecular formula is C10H16N2O5. The number of nitrogens with one attached hydrogen (secondary N) is 1. The van der Waals surface area contributed by atoms with Gasteiger partial charge < -0.3 is 25.5 Å². The first-order valence-corrected chi connectivity index (χ1v) is 5.57. The van der Waals surface area contributed by atoms with Crippen molar-refractivity contribution in [3.63, 3.8) is 0 Å². The van der Waals surface area contributed by atoms with E-state index in [1.165, 1.54) is 4.90 Å². The number of aliphatic carboxylic acids is 1. The lowest BCUT2D eigenvalue weighted by molar-refractivity contribution is -0.143. The van der Waals surface area contributed by atoms with Crippen LogP contribution in [0.5, 0.6) is 0 Å². The molecule has 2 atom stereocenters. The van der Waals surface area contributed by atoms with E-state index in [0.717, 1.165) is 0 Å². The van der Waals surface area contributed by atoms with Gasteiger partial charge >= 0.3 is 12.0 Å². The number of aliphatic hydroxyl groups excluding tert-OH is 2. The topological polar surface area (TPSA) is 110 Å². The zero-order chi connectivity index (χ0) is 12.6. The molecule has 0 spiro atoms. The number of carbonyl (C=O) groups excluding carboxylic acids is 1.